The van der Waals surface area contributed by atoms with Crippen LogP contribution >= 0.6 is 11.3 Å². The molecule has 2 rings (SSSR count). The maximum atomic E-state index is 11.9. The molecular formula is C12H12N4O2S. The summed E-state index contributed by atoms with van der Waals surface area (Å²) in [5.74, 6) is 6.36. The summed E-state index contributed by atoms with van der Waals surface area (Å²) in [5.41, 5.74) is 5.29. The molecule has 0 unspecified atom stereocenters. The van der Waals surface area contributed by atoms with Crippen molar-refractivity contribution in [3.63, 3.8) is 0 Å². The molecule has 0 fully saturated rings. The van der Waals surface area contributed by atoms with Gasteiger partial charge >= 0.3 is 0 Å². The molecule has 0 saturated heterocycles. The fourth-order valence-electron chi connectivity index (χ4n) is 1.32. The number of nitrogens with two attached hydrogens (primary N) is 1. The van der Waals surface area contributed by atoms with E-state index in [2.05, 4.69) is 27.3 Å². The third-order valence-corrected chi connectivity index (χ3v) is 3.12. The highest BCUT2D eigenvalue weighted by Gasteiger charge is 2.10. The number of carbonyl (C=O) groups excluding carboxylic acids is 1. The summed E-state index contributed by atoms with van der Waals surface area (Å²) in [7, 11) is 0. The van der Waals surface area contributed by atoms with E-state index < -0.39 is 0 Å². The minimum Gasteiger partial charge on any atom is -0.344 e. The Labute approximate surface area is 114 Å². The summed E-state index contributed by atoms with van der Waals surface area (Å²) in [6.07, 6.45) is 0. The van der Waals surface area contributed by atoms with Gasteiger partial charge in [-0.2, -0.15) is 4.98 Å². The van der Waals surface area contributed by atoms with E-state index in [1.54, 1.807) is 19.1 Å². The zero-order chi connectivity index (χ0) is 13.7. The molecule has 0 aliphatic carbocycles. The molecule has 2 aromatic rings. The number of aryl methyl sites for hydroxylation is 1. The molecule has 1 amide bonds. The first-order chi connectivity index (χ1) is 9.19. The minimum atomic E-state index is -0.187. The number of thiophene rings is 1. The molecule has 0 aliphatic rings. The van der Waals surface area contributed by atoms with E-state index >= 15 is 0 Å². The second-order valence-electron chi connectivity index (χ2n) is 3.58. The van der Waals surface area contributed by atoms with Crippen molar-refractivity contribution in [1.29, 1.82) is 0 Å². The maximum absolute atomic E-state index is 11.9. The van der Waals surface area contributed by atoms with E-state index in [0.29, 0.717) is 23.1 Å². The number of amides is 1. The van der Waals surface area contributed by atoms with Crippen LogP contribution in [0.5, 0.6) is 0 Å². The Hall–Kier alpha value is -2.17. The zero-order valence-electron chi connectivity index (χ0n) is 10.3. The van der Waals surface area contributed by atoms with Crippen LogP contribution in [0.15, 0.2) is 16.7 Å². The molecule has 0 atom stereocenters. The van der Waals surface area contributed by atoms with Crippen LogP contribution in [-0.4, -0.2) is 22.6 Å². The quantitative estimate of drug-likeness (QED) is 0.804. The van der Waals surface area contributed by atoms with Crippen molar-refractivity contribution in [2.45, 2.75) is 13.5 Å². The highest BCUT2D eigenvalue weighted by atomic mass is 32.1. The van der Waals surface area contributed by atoms with Gasteiger partial charge in [0.05, 0.1) is 22.8 Å². The SMILES string of the molecule is Cc1nc(CNC(=O)c2ccc(C#CCN)s2)no1. The number of nitrogens with one attached hydrogen (secondary N) is 1. The molecule has 0 bridgehead atoms. The van der Waals surface area contributed by atoms with Gasteiger partial charge in [0.2, 0.25) is 5.89 Å². The molecule has 7 heteroatoms. The molecule has 0 spiro atoms. The van der Waals surface area contributed by atoms with Crippen LogP contribution in [0.4, 0.5) is 0 Å². The van der Waals surface area contributed by atoms with Gasteiger partial charge in [-0.3, -0.25) is 4.79 Å². The Morgan fingerprint density at radius 1 is 1.58 bits per heavy atom. The smallest absolute Gasteiger partial charge is 0.261 e. The van der Waals surface area contributed by atoms with Crippen molar-refractivity contribution in [1.82, 2.24) is 15.5 Å². The molecule has 2 aromatic heterocycles. The van der Waals surface area contributed by atoms with Gasteiger partial charge in [-0.1, -0.05) is 17.0 Å². The van der Waals surface area contributed by atoms with Crippen LogP contribution < -0.4 is 11.1 Å². The number of aromatic nitrogens is 2. The predicted octanol–water partition coefficient (Wildman–Crippen LogP) is 0.680. The first kappa shape index (κ1) is 13.3. The Kier molecular flexibility index (Phi) is 4.28. The second kappa shape index (κ2) is 6.13. The molecule has 6 nitrogen and oxygen atoms in total. The Bertz CT molecular complexity index is 635. The number of rotatable bonds is 3. The average molecular weight is 276 g/mol. The molecule has 0 aromatic carbocycles. The molecule has 98 valence electrons. The van der Waals surface area contributed by atoms with E-state index in [0.717, 1.165) is 4.88 Å². The maximum Gasteiger partial charge on any atom is 0.261 e. The topological polar surface area (TPSA) is 94.0 Å². The summed E-state index contributed by atoms with van der Waals surface area (Å²) in [6, 6.07) is 3.52. The van der Waals surface area contributed by atoms with Crippen molar-refractivity contribution >= 4 is 17.2 Å². The van der Waals surface area contributed by atoms with Gasteiger partial charge in [-0.15, -0.1) is 11.3 Å². The molecule has 0 radical (unpaired) electrons. The van der Waals surface area contributed by atoms with E-state index in [-0.39, 0.29) is 12.5 Å². The number of hydrogen-bond donors (Lipinski definition) is 2. The average Bonchev–Trinajstić information content (AvgIpc) is 3.02. The van der Waals surface area contributed by atoms with E-state index in [1.807, 2.05) is 0 Å². The summed E-state index contributed by atoms with van der Waals surface area (Å²) < 4.78 is 4.81. The van der Waals surface area contributed by atoms with Gasteiger partial charge in [0.15, 0.2) is 5.82 Å². The van der Waals surface area contributed by atoms with Gasteiger partial charge in [0.25, 0.3) is 5.91 Å². The highest BCUT2D eigenvalue weighted by Crippen LogP contribution is 2.15. The van der Waals surface area contributed by atoms with E-state index in [4.69, 9.17) is 10.3 Å². The monoisotopic (exact) mass is 276 g/mol. The third kappa shape index (κ3) is 3.64. The van der Waals surface area contributed by atoms with Gasteiger partial charge in [-0.05, 0) is 12.1 Å². The molecule has 2 heterocycles. The lowest BCUT2D eigenvalue weighted by Crippen LogP contribution is -2.22. The van der Waals surface area contributed by atoms with Crippen LogP contribution in [0.3, 0.4) is 0 Å². The molecule has 0 saturated carbocycles. The molecule has 0 aliphatic heterocycles. The lowest BCUT2D eigenvalue weighted by atomic mass is 10.4. The fraction of sp³-hybridized carbons (Fsp3) is 0.250. The number of nitrogens with zero attached hydrogens (tertiary/aromatic N) is 2. The van der Waals surface area contributed by atoms with Crippen LogP contribution in [-0.2, 0) is 6.54 Å². The Morgan fingerprint density at radius 2 is 2.42 bits per heavy atom. The predicted molar refractivity (Wildman–Crippen MR) is 70.5 cm³/mol. The highest BCUT2D eigenvalue weighted by molar-refractivity contribution is 7.14. The molecule has 3 N–H and O–H groups in total. The first-order valence-corrected chi connectivity index (χ1v) is 6.37. The van der Waals surface area contributed by atoms with Gasteiger partial charge in [-0.25, -0.2) is 0 Å². The second-order valence-corrected chi connectivity index (χ2v) is 4.67. The summed E-state index contributed by atoms with van der Waals surface area (Å²) >= 11 is 1.32. The Balaban J connectivity index is 1.94. The summed E-state index contributed by atoms with van der Waals surface area (Å²) in [5, 5.41) is 6.41. The van der Waals surface area contributed by atoms with Crippen LogP contribution in [0.25, 0.3) is 0 Å². The van der Waals surface area contributed by atoms with Gasteiger partial charge in [0, 0.05) is 6.92 Å². The van der Waals surface area contributed by atoms with E-state index in [1.165, 1.54) is 11.3 Å². The Morgan fingerprint density at radius 3 is 3.11 bits per heavy atom. The third-order valence-electron chi connectivity index (χ3n) is 2.12. The van der Waals surface area contributed by atoms with Crippen LogP contribution in [0.1, 0.15) is 26.3 Å². The van der Waals surface area contributed by atoms with Crippen molar-refractivity contribution in [2.24, 2.45) is 5.73 Å². The largest absolute Gasteiger partial charge is 0.344 e. The standard InChI is InChI=1S/C12H12N4O2S/c1-8-15-11(16-18-8)7-14-12(17)10-5-4-9(19-10)3-2-6-13/h4-5H,6-7,13H2,1H3,(H,14,17). The van der Waals surface area contributed by atoms with Crippen molar-refractivity contribution in [2.75, 3.05) is 6.54 Å². The lowest BCUT2D eigenvalue weighted by Gasteiger charge is -1.98. The van der Waals surface area contributed by atoms with Gasteiger partial charge < -0.3 is 15.6 Å². The number of hydrogen-bond acceptors (Lipinski definition) is 6. The van der Waals surface area contributed by atoms with Crippen LogP contribution in [0.2, 0.25) is 0 Å². The summed E-state index contributed by atoms with van der Waals surface area (Å²) in [4.78, 5) is 17.2. The lowest BCUT2D eigenvalue weighted by molar-refractivity contribution is 0.0953. The van der Waals surface area contributed by atoms with Crippen molar-refractivity contribution in [3.8, 4) is 11.8 Å². The molecule has 19 heavy (non-hydrogen) atoms. The zero-order valence-corrected chi connectivity index (χ0v) is 11.1. The fourth-order valence-corrected chi connectivity index (χ4v) is 2.12. The van der Waals surface area contributed by atoms with Crippen molar-refractivity contribution < 1.29 is 9.32 Å². The number of carbonyl (C=O) groups is 1. The molecular weight excluding hydrogens is 264 g/mol. The normalized spacial score (nSPS) is 9.79. The first-order valence-electron chi connectivity index (χ1n) is 5.55. The van der Waals surface area contributed by atoms with Gasteiger partial charge in [0.1, 0.15) is 0 Å². The van der Waals surface area contributed by atoms with E-state index in [9.17, 15) is 4.79 Å². The van der Waals surface area contributed by atoms with Crippen LogP contribution in [0, 0.1) is 18.8 Å². The minimum absolute atomic E-state index is 0.187. The summed E-state index contributed by atoms with van der Waals surface area (Å²) in [6.45, 7) is 2.23. The van der Waals surface area contributed by atoms with Crippen molar-refractivity contribution in [3.05, 3.63) is 33.6 Å².